The Morgan fingerprint density at radius 3 is 2.23 bits per heavy atom. The third-order valence-corrected chi connectivity index (χ3v) is 10.5. The van der Waals surface area contributed by atoms with Gasteiger partial charge in [-0.15, -0.1) is 0 Å². The number of ketones is 1. The molecule has 5 nitrogen and oxygen atoms in total. The molecule has 0 fully saturated rings. The molecule has 2 heterocycles. The topological polar surface area (TPSA) is 84.4 Å². The van der Waals surface area contributed by atoms with Crippen molar-refractivity contribution in [3.05, 3.63) is 160 Å². The van der Waals surface area contributed by atoms with Gasteiger partial charge < -0.3 is 16.8 Å². The van der Waals surface area contributed by atoms with Crippen LogP contribution in [0.25, 0.3) is 0 Å². The third kappa shape index (κ3) is 5.24. The lowest BCUT2D eigenvalue weighted by Crippen LogP contribution is -2.34. The molecule has 0 spiro atoms. The van der Waals surface area contributed by atoms with Gasteiger partial charge in [0, 0.05) is 45.8 Å². The van der Waals surface area contributed by atoms with Gasteiger partial charge in [-0.1, -0.05) is 118 Å². The van der Waals surface area contributed by atoms with E-state index in [1.807, 2.05) is 30.4 Å². The van der Waals surface area contributed by atoms with Crippen LogP contribution in [0.3, 0.4) is 0 Å². The largest absolute Gasteiger partial charge is 0.401 e. The van der Waals surface area contributed by atoms with Gasteiger partial charge in [-0.25, -0.2) is 0 Å². The first-order chi connectivity index (χ1) is 22.6. The number of benzene rings is 3. The van der Waals surface area contributed by atoms with E-state index in [1.165, 1.54) is 27.8 Å². The highest BCUT2D eigenvalue weighted by Crippen LogP contribution is 2.49. The minimum absolute atomic E-state index is 0.0314. The number of carbonyl (C=O) groups is 1. The smallest absolute Gasteiger partial charge is 0.191 e. The van der Waals surface area contributed by atoms with E-state index in [2.05, 4.69) is 117 Å². The zero-order valence-electron chi connectivity index (χ0n) is 27.8. The summed E-state index contributed by atoms with van der Waals surface area (Å²) in [5.41, 5.74) is 24.7. The number of nitrogens with one attached hydrogen (secondary N) is 1. The van der Waals surface area contributed by atoms with Crippen LogP contribution in [0.1, 0.15) is 70.1 Å². The standard InChI is InChI=1S/C42H44N4O/c1-41(2)31-14-6-5-13-27(31)25-29(45-36-18-10-7-15-32(36)41)22-23-30-35(43)26-28(40(30)47)21-24-39(44)46-37-19-11-8-16-33(37)42(3,4)34-17-9-12-20-38(34)46/h6-12,14-24,29,45H,5,13,25-26,43-44H2,1-4H3/b23-22-,28-21+,39-24+. The van der Waals surface area contributed by atoms with E-state index in [-0.39, 0.29) is 22.7 Å². The van der Waals surface area contributed by atoms with E-state index in [0.29, 0.717) is 29.1 Å². The van der Waals surface area contributed by atoms with Crippen molar-refractivity contribution < 1.29 is 4.79 Å². The molecule has 0 radical (unpaired) electrons. The number of hydrogen-bond acceptors (Lipinski definition) is 5. The zero-order valence-corrected chi connectivity index (χ0v) is 27.8. The van der Waals surface area contributed by atoms with Crippen molar-refractivity contribution >= 4 is 22.8 Å². The molecule has 5 N–H and O–H groups in total. The Morgan fingerprint density at radius 2 is 1.53 bits per heavy atom. The number of para-hydroxylation sites is 3. The van der Waals surface area contributed by atoms with Crippen LogP contribution >= 0.6 is 0 Å². The Kier molecular flexibility index (Phi) is 7.59. The number of allylic oxidation sites excluding steroid dienone is 8. The summed E-state index contributed by atoms with van der Waals surface area (Å²) in [4.78, 5) is 15.8. The lowest BCUT2D eigenvalue weighted by molar-refractivity contribution is -0.111. The first-order valence-electron chi connectivity index (χ1n) is 16.7. The van der Waals surface area contributed by atoms with Gasteiger partial charge in [-0.2, -0.15) is 0 Å². The fraction of sp³-hybridized carbons (Fsp3) is 0.262. The Hall–Kier alpha value is -5.03. The average Bonchev–Trinajstić information content (AvgIpc) is 3.34. The molecule has 0 saturated heterocycles. The molecule has 4 aliphatic rings. The van der Waals surface area contributed by atoms with Crippen LogP contribution < -0.4 is 21.7 Å². The Labute approximate surface area is 278 Å². The summed E-state index contributed by atoms with van der Waals surface area (Å²) < 4.78 is 0. The highest BCUT2D eigenvalue weighted by Gasteiger charge is 2.37. The molecule has 0 amide bonds. The van der Waals surface area contributed by atoms with E-state index in [4.69, 9.17) is 11.5 Å². The van der Waals surface area contributed by atoms with Crippen LogP contribution in [0.15, 0.2) is 143 Å². The first kappa shape index (κ1) is 30.6. The number of carbonyl (C=O) groups excluding carboxylic acids is 1. The average molecular weight is 621 g/mol. The monoisotopic (exact) mass is 620 g/mol. The molecular weight excluding hydrogens is 576 g/mol. The molecule has 0 bridgehead atoms. The minimum atomic E-state index is -0.168. The van der Waals surface area contributed by atoms with Gasteiger partial charge in [-0.05, 0) is 65.8 Å². The number of hydrogen-bond donors (Lipinski definition) is 3. The molecule has 47 heavy (non-hydrogen) atoms. The SMILES string of the molecule is CC1(C)C2=C(CCC=C2)CC(/C=C\C2=C(N)C/C(=C\C=C(/N)N3c4ccccc4C(C)(C)c4ccccc43)C2=O)Nc2ccccc21. The Bertz CT molecular complexity index is 1920. The third-order valence-electron chi connectivity index (χ3n) is 10.5. The van der Waals surface area contributed by atoms with Gasteiger partial charge in [0.1, 0.15) is 5.82 Å². The molecule has 0 saturated carbocycles. The van der Waals surface area contributed by atoms with Crippen LogP contribution in [-0.2, 0) is 15.6 Å². The van der Waals surface area contributed by atoms with Crippen molar-refractivity contribution in [2.24, 2.45) is 11.5 Å². The van der Waals surface area contributed by atoms with Gasteiger partial charge in [0.15, 0.2) is 5.78 Å². The van der Waals surface area contributed by atoms with Gasteiger partial charge in [0.25, 0.3) is 0 Å². The second-order valence-corrected chi connectivity index (χ2v) is 14.2. The second-order valence-electron chi connectivity index (χ2n) is 14.2. The lowest BCUT2D eigenvalue weighted by Gasteiger charge is -2.41. The second kappa shape index (κ2) is 11.6. The van der Waals surface area contributed by atoms with Crippen LogP contribution in [0, 0.1) is 0 Å². The number of Topliss-reactive ketones (excluding diaryl/α,β-unsaturated/α-hetero) is 1. The van der Waals surface area contributed by atoms with E-state index >= 15 is 0 Å². The molecule has 3 aromatic carbocycles. The maximum absolute atomic E-state index is 13.7. The van der Waals surface area contributed by atoms with Crippen molar-refractivity contribution in [2.75, 3.05) is 10.2 Å². The molecule has 0 aromatic heterocycles. The van der Waals surface area contributed by atoms with Crippen molar-refractivity contribution in [2.45, 2.75) is 70.3 Å². The maximum atomic E-state index is 13.7. The quantitative estimate of drug-likeness (QED) is 0.254. The summed E-state index contributed by atoms with van der Waals surface area (Å²) in [6, 6.07) is 25.4. The summed E-state index contributed by atoms with van der Waals surface area (Å²) >= 11 is 0. The van der Waals surface area contributed by atoms with E-state index in [0.717, 1.165) is 36.3 Å². The van der Waals surface area contributed by atoms with Crippen molar-refractivity contribution in [3.63, 3.8) is 0 Å². The lowest BCUT2D eigenvalue weighted by atomic mass is 9.71. The van der Waals surface area contributed by atoms with Crippen LogP contribution in [0.5, 0.6) is 0 Å². The van der Waals surface area contributed by atoms with Crippen molar-refractivity contribution in [3.8, 4) is 0 Å². The minimum Gasteiger partial charge on any atom is -0.401 e. The molecule has 5 heteroatoms. The summed E-state index contributed by atoms with van der Waals surface area (Å²) in [6.07, 6.45) is 15.7. The number of fused-ring (bicyclic) bond motifs is 3. The zero-order chi connectivity index (χ0) is 32.9. The van der Waals surface area contributed by atoms with E-state index < -0.39 is 0 Å². The Balaban J connectivity index is 1.16. The van der Waals surface area contributed by atoms with Gasteiger partial charge in [-0.3, -0.25) is 9.69 Å². The molecule has 1 atom stereocenters. The fourth-order valence-electron chi connectivity index (χ4n) is 7.94. The van der Waals surface area contributed by atoms with Crippen molar-refractivity contribution in [1.29, 1.82) is 0 Å². The molecule has 2 aliphatic heterocycles. The number of nitrogens with zero attached hydrogens (tertiary/aromatic N) is 1. The van der Waals surface area contributed by atoms with Gasteiger partial charge in [0.2, 0.25) is 0 Å². The molecule has 1 unspecified atom stereocenters. The molecule has 2 aliphatic carbocycles. The number of anilines is 3. The Morgan fingerprint density at radius 1 is 0.894 bits per heavy atom. The summed E-state index contributed by atoms with van der Waals surface area (Å²) in [7, 11) is 0. The summed E-state index contributed by atoms with van der Waals surface area (Å²) in [5.74, 6) is 0.505. The first-order valence-corrected chi connectivity index (χ1v) is 16.7. The highest BCUT2D eigenvalue weighted by molar-refractivity contribution is 6.13. The highest BCUT2D eigenvalue weighted by atomic mass is 16.1. The van der Waals surface area contributed by atoms with Gasteiger partial charge >= 0.3 is 0 Å². The molecule has 238 valence electrons. The predicted octanol–water partition coefficient (Wildman–Crippen LogP) is 8.74. The molecule has 7 rings (SSSR count). The van der Waals surface area contributed by atoms with Crippen LogP contribution in [-0.4, -0.2) is 11.8 Å². The van der Waals surface area contributed by atoms with Crippen LogP contribution in [0.2, 0.25) is 0 Å². The fourth-order valence-corrected chi connectivity index (χ4v) is 7.94. The van der Waals surface area contributed by atoms with Crippen LogP contribution in [0.4, 0.5) is 17.1 Å². The van der Waals surface area contributed by atoms with E-state index in [1.54, 1.807) is 0 Å². The maximum Gasteiger partial charge on any atom is 0.191 e. The number of rotatable bonds is 4. The predicted molar refractivity (Wildman–Crippen MR) is 194 cm³/mol. The van der Waals surface area contributed by atoms with E-state index in [9.17, 15) is 4.79 Å². The number of nitrogens with two attached hydrogens (primary N) is 2. The molecular formula is C42H44N4O. The molecule has 3 aromatic rings. The summed E-state index contributed by atoms with van der Waals surface area (Å²) in [6.45, 7) is 9.13. The van der Waals surface area contributed by atoms with Gasteiger partial charge in [0.05, 0.1) is 11.4 Å². The summed E-state index contributed by atoms with van der Waals surface area (Å²) in [5, 5.41) is 3.79. The normalized spacial score (nSPS) is 22.4. The van der Waals surface area contributed by atoms with Crippen molar-refractivity contribution in [1.82, 2.24) is 0 Å².